The van der Waals surface area contributed by atoms with Crippen LogP contribution in [0, 0.1) is 23.2 Å². The van der Waals surface area contributed by atoms with E-state index in [2.05, 4.69) is 5.32 Å². The van der Waals surface area contributed by atoms with Crippen LogP contribution in [0.2, 0.25) is 0 Å². The van der Waals surface area contributed by atoms with Crippen molar-refractivity contribution in [3.63, 3.8) is 0 Å². The monoisotopic (exact) mass is 258 g/mol. The van der Waals surface area contributed by atoms with E-state index in [-0.39, 0.29) is 18.5 Å². The third-order valence-electron chi connectivity index (χ3n) is 3.08. The molecule has 0 radical (unpaired) electrons. The molecule has 98 valence electrons. The van der Waals surface area contributed by atoms with Gasteiger partial charge in [-0.05, 0) is 24.5 Å². The Labute approximate surface area is 111 Å². The molecule has 5 nitrogen and oxygen atoms in total. The predicted octanol–water partition coefficient (Wildman–Crippen LogP) is 1.70. The number of ether oxygens (including phenoxy) is 1. The van der Waals surface area contributed by atoms with E-state index < -0.39 is 5.91 Å². The Bertz CT molecular complexity index is 548. The molecule has 1 aromatic rings. The SMILES string of the molecule is C[C@@H]1C[C@@H]1C(=O)OCC(=O)Nc1ccccc1C#N. The molecule has 1 N–H and O–H groups in total. The second-order valence-electron chi connectivity index (χ2n) is 4.63. The summed E-state index contributed by atoms with van der Waals surface area (Å²) in [4.78, 5) is 23.1. The molecule has 0 spiro atoms. The molecule has 0 saturated heterocycles. The van der Waals surface area contributed by atoms with Crippen LogP contribution in [-0.2, 0) is 14.3 Å². The summed E-state index contributed by atoms with van der Waals surface area (Å²) in [6.45, 7) is 1.65. The fraction of sp³-hybridized carbons (Fsp3) is 0.357. The maximum atomic E-state index is 11.6. The van der Waals surface area contributed by atoms with Gasteiger partial charge in [0.1, 0.15) is 6.07 Å². The van der Waals surface area contributed by atoms with Crippen molar-refractivity contribution in [2.75, 3.05) is 11.9 Å². The van der Waals surface area contributed by atoms with Crippen LogP contribution in [0.15, 0.2) is 24.3 Å². The molecule has 1 saturated carbocycles. The zero-order valence-electron chi connectivity index (χ0n) is 10.6. The summed E-state index contributed by atoms with van der Waals surface area (Å²) in [5.74, 6) is -0.463. The van der Waals surface area contributed by atoms with Gasteiger partial charge >= 0.3 is 5.97 Å². The van der Waals surface area contributed by atoms with Gasteiger partial charge in [0.15, 0.2) is 6.61 Å². The first-order valence-corrected chi connectivity index (χ1v) is 6.07. The lowest BCUT2D eigenvalue weighted by molar-refractivity contribution is -0.148. The fourth-order valence-corrected chi connectivity index (χ4v) is 1.77. The molecule has 0 aromatic heterocycles. The molecule has 1 fully saturated rings. The van der Waals surface area contributed by atoms with Crippen LogP contribution in [0.4, 0.5) is 5.69 Å². The summed E-state index contributed by atoms with van der Waals surface area (Å²) < 4.78 is 4.91. The molecule has 0 unspecified atom stereocenters. The predicted molar refractivity (Wildman–Crippen MR) is 68.0 cm³/mol. The lowest BCUT2D eigenvalue weighted by Gasteiger charge is -2.07. The first kappa shape index (κ1) is 13.1. The number of esters is 1. The number of hydrogen-bond donors (Lipinski definition) is 1. The summed E-state index contributed by atoms with van der Waals surface area (Å²) in [5.41, 5.74) is 0.795. The van der Waals surface area contributed by atoms with Gasteiger partial charge in [-0.2, -0.15) is 5.26 Å². The van der Waals surface area contributed by atoms with Gasteiger partial charge in [-0.3, -0.25) is 9.59 Å². The number of carbonyl (C=O) groups is 2. The minimum absolute atomic E-state index is 0.0563. The topological polar surface area (TPSA) is 79.2 Å². The molecule has 1 aliphatic carbocycles. The number of anilines is 1. The molecule has 0 bridgehead atoms. The molecule has 19 heavy (non-hydrogen) atoms. The molecule has 1 aliphatic rings. The molecular weight excluding hydrogens is 244 g/mol. The minimum Gasteiger partial charge on any atom is -0.455 e. The van der Waals surface area contributed by atoms with E-state index in [1.54, 1.807) is 24.3 Å². The number of para-hydroxylation sites is 1. The number of benzene rings is 1. The highest BCUT2D eigenvalue weighted by Gasteiger charge is 2.40. The van der Waals surface area contributed by atoms with Gasteiger partial charge in [-0.15, -0.1) is 0 Å². The van der Waals surface area contributed by atoms with Gasteiger partial charge in [0.05, 0.1) is 17.2 Å². The van der Waals surface area contributed by atoms with Crippen molar-refractivity contribution in [1.82, 2.24) is 0 Å². The maximum absolute atomic E-state index is 11.6. The number of rotatable bonds is 4. The summed E-state index contributed by atoms with van der Waals surface area (Å²) in [7, 11) is 0. The molecule has 2 atom stereocenters. The Hall–Kier alpha value is -2.35. The third kappa shape index (κ3) is 3.32. The van der Waals surface area contributed by atoms with Crippen LogP contribution in [-0.4, -0.2) is 18.5 Å². The molecule has 5 heteroatoms. The van der Waals surface area contributed by atoms with Crippen molar-refractivity contribution in [2.24, 2.45) is 11.8 Å². The van der Waals surface area contributed by atoms with Crippen LogP contribution >= 0.6 is 0 Å². The highest BCUT2D eigenvalue weighted by Crippen LogP contribution is 2.38. The van der Waals surface area contributed by atoms with Crippen LogP contribution in [0.3, 0.4) is 0 Å². The zero-order chi connectivity index (χ0) is 13.8. The van der Waals surface area contributed by atoms with Gasteiger partial charge in [0, 0.05) is 0 Å². The van der Waals surface area contributed by atoms with E-state index in [9.17, 15) is 9.59 Å². The highest BCUT2D eigenvalue weighted by atomic mass is 16.5. The largest absolute Gasteiger partial charge is 0.455 e. The summed E-state index contributed by atoms with van der Waals surface area (Å²) in [6.07, 6.45) is 0.831. The average Bonchev–Trinajstić information content (AvgIpc) is 3.14. The van der Waals surface area contributed by atoms with E-state index >= 15 is 0 Å². The third-order valence-corrected chi connectivity index (χ3v) is 3.08. The number of amides is 1. The number of hydrogen-bond acceptors (Lipinski definition) is 4. The summed E-state index contributed by atoms with van der Waals surface area (Å²) >= 11 is 0. The van der Waals surface area contributed by atoms with Crippen LogP contribution in [0.1, 0.15) is 18.9 Å². The zero-order valence-corrected chi connectivity index (χ0v) is 10.6. The number of nitrogens with one attached hydrogen (secondary N) is 1. The number of nitrogens with zero attached hydrogens (tertiary/aromatic N) is 1. The molecule has 2 rings (SSSR count). The first-order chi connectivity index (χ1) is 9.11. The van der Waals surface area contributed by atoms with Gasteiger partial charge in [0.25, 0.3) is 5.91 Å². The van der Waals surface area contributed by atoms with Crippen LogP contribution < -0.4 is 5.32 Å². The van der Waals surface area contributed by atoms with Crippen molar-refractivity contribution >= 4 is 17.6 Å². The lowest BCUT2D eigenvalue weighted by atomic mass is 10.2. The smallest absolute Gasteiger partial charge is 0.309 e. The molecule has 0 heterocycles. The van der Waals surface area contributed by atoms with E-state index in [0.29, 0.717) is 17.2 Å². The maximum Gasteiger partial charge on any atom is 0.309 e. The second kappa shape index (κ2) is 5.53. The molecule has 0 aliphatic heterocycles. The highest BCUT2D eigenvalue weighted by molar-refractivity contribution is 5.94. The van der Waals surface area contributed by atoms with Crippen LogP contribution in [0.25, 0.3) is 0 Å². The quantitative estimate of drug-likeness (QED) is 0.833. The Morgan fingerprint density at radius 1 is 1.47 bits per heavy atom. The summed E-state index contributed by atoms with van der Waals surface area (Å²) in [5, 5.41) is 11.4. The second-order valence-corrected chi connectivity index (χ2v) is 4.63. The van der Waals surface area contributed by atoms with Crippen molar-refractivity contribution in [3.05, 3.63) is 29.8 Å². The number of nitriles is 1. The molecule has 1 amide bonds. The minimum atomic E-state index is -0.440. The Morgan fingerprint density at radius 3 is 2.79 bits per heavy atom. The van der Waals surface area contributed by atoms with Crippen LogP contribution in [0.5, 0.6) is 0 Å². The van der Waals surface area contributed by atoms with E-state index in [4.69, 9.17) is 10.00 Å². The van der Waals surface area contributed by atoms with Crippen molar-refractivity contribution in [3.8, 4) is 6.07 Å². The Kier molecular flexibility index (Phi) is 3.81. The molecular formula is C14H14N2O3. The fourth-order valence-electron chi connectivity index (χ4n) is 1.77. The Morgan fingerprint density at radius 2 is 2.16 bits per heavy atom. The lowest BCUT2D eigenvalue weighted by Crippen LogP contribution is -2.22. The van der Waals surface area contributed by atoms with Gasteiger partial charge < -0.3 is 10.1 Å². The molecule has 1 aromatic carbocycles. The number of carbonyl (C=O) groups excluding carboxylic acids is 2. The Balaban J connectivity index is 1.84. The van der Waals surface area contributed by atoms with Gasteiger partial charge in [-0.25, -0.2) is 0 Å². The normalized spacial score (nSPS) is 20.2. The van der Waals surface area contributed by atoms with E-state index in [1.807, 2.05) is 13.0 Å². The van der Waals surface area contributed by atoms with Gasteiger partial charge in [0.2, 0.25) is 0 Å². The van der Waals surface area contributed by atoms with E-state index in [0.717, 1.165) is 6.42 Å². The van der Waals surface area contributed by atoms with E-state index in [1.165, 1.54) is 0 Å². The van der Waals surface area contributed by atoms with Crippen molar-refractivity contribution in [2.45, 2.75) is 13.3 Å². The van der Waals surface area contributed by atoms with Crippen molar-refractivity contribution < 1.29 is 14.3 Å². The standard InChI is InChI=1S/C14H14N2O3/c1-9-6-11(9)14(18)19-8-13(17)16-12-5-3-2-4-10(12)7-15/h2-5,9,11H,6,8H2,1H3,(H,16,17)/t9-,11+/m1/s1. The van der Waals surface area contributed by atoms with Gasteiger partial charge in [-0.1, -0.05) is 19.1 Å². The van der Waals surface area contributed by atoms with Crippen molar-refractivity contribution in [1.29, 1.82) is 5.26 Å². The average molecular weight is 258 g/mol. The first-order valence-electron chi connectivity index (χ1n) is 6.07. The summed E-state index contributed by atoms with van der Waals surface area (Å²) in [6, 6.07) is 8.64.